The molecule has 0 aliphatic rings. The number of ether oxygens (including phenoxy) is 2. The van der Waals surface area contributed by atoms with Crippen LogP contribution in [0.4, 0.5) is 5.69 Å². The summed E-state index contributed by atoms with van der Waals surface area (Å²) >= 11 is 3.23. The molecule has 0 radical (unpaired) electrons. The van der Waals surface area contributed by atoms with Gasteiger partial charge in [0.2, 0.25) is 5.75 Å². The minimum atomic E-state index is -0.549. The monoisotopic (exact) mass is 351 g/mol. The van der Waals surface area contributed by atoms with Gasteiger partial charge in [0.1, 0.15) is 11.5 Å². The maximum Gasteiger partial charge on any atom is 0.315 e. The summed E-state index contributed by atoms with van der Waals surface area (Å²) in [5.41, 5.74) is 0.261. The molecule has 0 atom stereocenters. The quantitative estimate of drug-likeness (QED) is 0.462. The average Bonchev–Trinajstić information content (AvgIpc) is 2.47. The number of carbonyl (C=O) groups is 1. The van der Waals surface area contributed by atoms with Gasteiger partial charge in [0.25, 0.3) is 0 Å². The van der Waals surface area contributed by atoms with Gasteiger partial charge in [-0.2, -0.15) is 0 Å². The molecule has 0 unspecified atom stereocenters. The van der Waals surface area contributed by atoms with Gasteiger partial charge >= 0.3 is 5.69 Å². The third kappa shape index (κ3) is 3.38. The van der Waals surface area contributed by atoms with Gasteiger partial charge in [0.15, 0.2) is 6.29 Å². The normalized spacial score (nSPS) is 10.0. The minimum absolute atomic E-state index is 0.0894. The van der Waals surface area contributed by atoms with Crippen LogP contribution in [0.25, 0.3) is 0 Å². The number of rotatable bonds is 5. The van der Waals surface area contributed by atoms with Gasteiger partial charge in [0, 0.05) is 10.0 Å². The molecule has 0 spiro atoms. The van der Waals surface area contributed by atoms with Crippen LogP contribution in [0.2, 0.25) is 0 Å². The fourth-order valence-corrected chi connectivity index (χ4v) is 2.10. The van der Waals surface area contributed by atoms with Crippen molar-refractivity contribution in [3.8, 4) is 17.2 Å². The molecule has 0 bridgehead atoms. The van der Waals surface area contributed by atoms with Crippen LogP contribution in [0, 0.1) is 10.1 Å². The van der Waals surface area contributed by atoms with E-state index in [1.807, 2.05) is 0 Å². The van der Waals surface area contributed by atoms with E-state index in [2.05, 4.69) is 15.9 Å². The van der Waals surface area contributed by atoms with E-state index in [1.54, 1.807) is 24.3 Å². The lowest BCUT2D eigenvalue weighted by Gasteiger charge is -2.08. The van der Waals surface area contributed by atoms with Crippen molar-refractivity contribution in [2.24, 2.45) is 0 Å². The SMILES string of the molecule is COc1ccc(Oc2ccc(C=O)c(Br)c2)c([N+](=O)[O-])c1. The van der Waals surface area contributed by atoms with E-state index in [4.69, 9.17) is 9.47 Å². The topological polar surface area (TPSA) is 78.7 Å². The third-order valence-corrected chi connectivity index (χ3v) is 3.38. The van der Waals surface area contributed by atoms with Crippen LogP contribution in [-0.4, -0.2) is 18.3 Å². The highest BCUT2D eigenvalue weighted by Gasteiger charge is 2.17. The highest BCUT2D eigenvalue weighted by atomic mass is 79.9. The summed E-state index contributed by atoms with van der Waals surface area (Å²) in [5.74, 6) is 0.832. The van der Waals surface area contributed by atoms with Crippen molar-refractivity contribution in [2.75, 3.05) is 7.11 Å². The first-order chi connectivity index (χ1) is 10.0. The molecule has 0 heterocycles. The standard InChI is InChI=1S/C14H10BrNO5/c1-20-10-4-5-14(13(7-10)16(18)19)21-11-3-2-9(8-17)12(15)6-11/h2-8H,1H3. The second-order valence-corrected chi connectivity index (χ2v) is 4.85. The molecule has 2 aromatic rings. The van der Waals surface area contributed by atoms with Crippen molar-refractivity contribution < 1.29 is 19.2 Å². The first kappa shape index (κ1) is 15.0. The lowest BCUT2D eigenvalue weighted by atomic mass is 10.2. The number of nitrogens with zero attached hydrogens (tertiary/aromatic N) is 1. The number of benzene rings is 2. The molecular formula is C14H10BrNO5. The Hall–Kier alpha value is -2.41. The maximum atomic E-state index is 11.1. The minimum Gasteiger partial charge on any atom is -0.496 e. The Balaban J connectivity index is 2.37. The zero-order chi connectivity index (χ0) is 15.4. The van der Waals surface area contributed by atoms with Crippen LogP contribution in [-0.2, 0) is 0 Å². The largest absolute Gasteiger partial charge is 0.496 e. The summed E-state index contributed by atoms with van der Waals surface area (Å²) < 4.78 is 11.0. The van der Waals surface area contributed by atoms with Gasteiger partial charge in [-0.1, -0.05) is 0 Å². The Labute approximate surface area is 128 Å². The molecule has 0 amide bonds. The molecule has 2 rings (SSSR count). The van der Waals surface area contributed by atoms with Crippen molar-refractivity contribution in [3.05, 3.63) is 56.5 Å². The first-order valence-corrected chi connectivity index (χ1v) is 6.59. The number of carbonyl (C=O) groups excluding carboxylic acids is 1. The van der Waals surface area contributed by atoms with E-state index >= 15 is 0 Å². The van der Waals surface area contributed by atoms with Crippen LogP contribution in [0.5, 0.6) is 17.2 Å². The fraction of sp³-hybridized carbons (Fsp3) is 0.0714. The zero-order valence-electron chi connectivity index (χ0n) is 10.9. The predicted octanol–water partition coefficient (Wildman–Crippen LogP) is 3.97. The van der Waals surface area contributed by atoms with Crippen molar-refractivity contribution in [1.29, 1.82) is 0 Å². The van der Waals surface area contributed by atoms with Crippen LogP contribution in [0.3, 0.4) is 0 Å². The molecule has 0 aromatic heterocycles. The molecule has 2 aromatic carbocycles. The van der Waals surface area contributed by atoms with Crippen molar-refractivity contribution in [2.45, 2.75) is 0 Å². The highest BCUT2D eigenvalue weighted by molar-refractivity contribution is 9.10. The smallest absolute Gasteiger partial charge is 0.315 e. The van der Waals surface area contributed by atoms with E-state index in [-0.39, 0.29) is 11.4 Å². The number of hydrogen-bond acceptors (Lipinski definition) is 5. The van der Waals surface area contributed by atoms with Gasteiger partial charge in [-0.05, 0) is 46.3 Å². The van der Waals surface area contributed by atoms with Gasteiger partial charge in [-0.15, -0.1) is 0 Å². The van der Waals surface area contributed by atoms with E-state index < -0.39 is 4.92 Å². The van der Waals surface area contributed by atoms with Gasteiger partial charge in [-0.25, -0.2) is 0 Å². The van der Waals surface area contributed by atoms with E-state index in [0.717, 1.165) is 0 Å². The Morgan fingerprint density at radius 2 is 1.90 bits per heavy atom. The molecule has 0 aliphatic carbocycles. The molecule has 0 fully saturated rings. The molecule has 0 aliphatic heterocycles. The molecule has 0 saturated heterocycles. The van der Waals surface area contributed by atoms with Crippen LogP contribution >= 0.6 is 15.9 Å². The van der Waals surface area contributed by atoms with E-state index in [1.165, 1.54) is 19.2 Å². The molecular weight excluding hydrogens is 342 g/mol. The van der Waals surface area contributed by atoms with Crippen LogP contribution in [0.15, 0.2) is 40.9 Å². The molecule has 6 nitrogen and oxygen atoms in total. The number of nitro groups is 1. The number of nitro benzene ring substituents is 1. The van der Waals surface area contributed by atoms with Gasteiger partial charge < -0.3 is 9.47 Å². The van der Waals surface area contributed by atoms with Crippen molar-refractivity contribution >= 4 is 27.9 Å². The molecule has 21 heavy (non-hydrogen) atoms. The summed E-state index contributed by atoms with van der Waals surface area (Å²) in [4.78, 5) is 21.2. The van der Waals surface area contributed by atoms with Gasteiger partial charge in [0.05, 0.1) is 18.1 Å². The zero-order valence-corrected chi connectivity index (χ0v) is 12.5. The van der Waals surface area contributed by atoms with E-state index in [9.17, 15) is 14.9 Å². The Bertz CT molecular complexity index is 702. The number of aldehydes is 1. The maximum absolute atomic E-state index is 11.1. The number of methoxy groups -OCH3 is 1. The Kier molecular flexibility index (Phi) is 4.54. The molecule has 108 valence electrons. The molecule has 7 heteroatoms. The average molecular weight is 352 g/mol. The number of halogens is 1. The predicted molar refractivity (Wildman–Crippen MR) is 79.3 cm³/mol. The summed E-state index contributed by atoms with van der Waals surface area (Å²) in [6.45, 7) is 0. The van der Waals surface area contributed by atoms with Gasteiger partial charge in [-0.3, -0.25) is 14.9 Å². The Morgan fingerprint density at radius 1 is 1.19 bits per heavy atom. The second kappa shape index (κ2) is 6.36. The summed E-state index contributed by atoms with van der Waals surface area (Å²) in [6.07, 6.45) is 0.698. The molecule has 0 N–H and O–H groups in total. The van der Waals surface area contributed by atoms with Crippen molar-refractivity contribution in [3.63, 3.8) is 0 Å². The summed E-state index contributed by atoms with van der Waals surface area (Å²) in [5, 5.41) is 11.1. The number of hydrogen-bond donors (Lipinski definition) is 0. The van der Waals surface area contributed by atoms with Crippen LogP contribution in [0.1, 0.15) is 10.4 Å². The second-order valence-electron chi connectivity index (χ2n) is 3.99. The lowest BCUT2D eigenvalue weighted by Crippen LogP contribution is -1.95. The lowest BCUT2D eigenvalue weighted by molar-refractivity contribution is -0.385. The molecule has 0 saturated carbocycles. The fourth-order valence-electron chi connectivity index (χ4n) is 1.65. The van der Waals surface area contributed by atoms with Crippen LogP contribution < -0.4 is 9.47 Å². The summed E-state index contributed by atoms with van der Waals surface area (Å²) in [7, 11) is 1.43. The summed E-state index contributed by atoms with van der Waals surface area (Å²) in [6, 6.07) is 8.99. The highest BCUT2D eigenvalue weighted by Crippen LogP contribution is 2.35. The third-order valence-electron chi connectivity index (χ3n) is 2.69. The first-order valence-electron chi connectivity index (χ1n) is 5.80. The van der Waals surface area contributed by atoms with Crippen molar-refractivity contribution in [1.82, 2.24) is 0 Å². The van der Waals surface area contributed by atoms with E-state index in [0.29, 0.717) is 27.8 Å². The Morgan fingerprint density at radius 3 is 2.48 bits per heavy atom.